The Balaban J connectivity index is 1.78. The van der Waals surface area contributed by atoms with Gasteiger partial charge in [-0.3, -0.25) is 14.0 Å². The van der Waals surface area contributed by atoms with E-state index in [0.717, 1.165) is 24.0 Å². The number of carbonyl (C=O) groups is 2. The Labute approximate surface area is 141 Å². The summed E-state index contributed by atoms with van der Waals surface area (Å²) < 4.78 is 12.5. The minimum absolute atomic E-state index is 0.00912. The van der Waals surface area contributed by atoms with Gasteiger partial charge in [-0.05, 0) is 43.9 Å². The van der Waals surface area contributed by atoms with E-state index in [2.05, 4.69) is 0 Å². The lowest BCUT2D eigenvalue weighted by Crippen LogP contribution is -2.57. The Bertz CT molecular complexity index is 662. The van der Waals surface area contributed by atoms with Crippen molar-refractivity contribution in [2.45, 2.75) is 45.2 Å². The van der Waals surface area contributed by atoms with Crippen LogP contribution in [0.4, 0.5) is 10.1 Å². The van der Waals surface area contributed by atoms with E-state index < -0.39 is 6.67 Å². The highest BCUT2D eigenvalue weighted by Crippen LogP contribution is 2.32. The van der Waals surface area contributed by atoms with Crippen molar-refractivity contribution in [3.05, 3.63) is 28.8 Å². The number of carbonyl (C=O) groups excluding carboxylic acids is 2. The van der Waals surface area contributed by atoms with Crippen molar-refractivity contribution < 1.29 is 14.0 Å². The number of nitrogen functional groups attached to an aromatic ring is 1. The molecular formula is C18H24FN3O2. The van der Waals surface area contributed by atoms with Crippen molar-refractivity contribution >= 4 is 17.5 Å². The zero-order chi connectivity index (χ0) is 17.4. The average Bonchev–Trinajstić information content (AvgIpc) is 2.80. The Morgan fingerprint density at radius 3 is 2.38 bits per heavy atom. The molecule has 5 nitrogen and oxygen atoms in total. The second-order valence-corrected chi connectivity index (χ2v) is 6.86. The summed E-state index contributed by atoms with van der Waals surface area (Å²) in [7, 11) is 0. The van der Waals surface area contributed by atoms with Crippen LogP contribution in [-0.2, 0) is 4.79 Å². The van der Waals surface area contributed by atoms with Gasteiger partial charge in [-0.25, -0.2) is 0 Å². The molecule has 2 aliphatic rings. The molecule has 2 N–H and O–H groups in total. The molecule has 0 aliphatic carbocycles. The molecule has 2 amide bonds. The Kier molecular flexibility index (Phi) is 4.47. The number of alkyl halides is 1. The predicted molar refractivity (Wildman–Crippen MR) is 90.5 cm³/mol. The molecule has 2 bridgehead atoms. The first-order valence-electron chi connectivity index (χ1n) is 8.45. The van der Waals surface area contributed by atoms with Crippen molar-refractivity contribution in [1.82, 2.24) is 9.80 Å². The molecule has 2 unspecified atom stereocenters. The smallest absolute Gasteiger partial charge is 0.254 e. The summed E-state index contributed by atoms with van der Waals surface area (Å²) in [4.78, 5) is 28.6. The van der Waals surface area contributed by atoms with E-state index in [4.69, 9.17) is 5.73 Å². The van der Waals surface area contributed by atoms with Crippen LogP contribution in [-0.4, -0.2) is 53.5 Å². The second-order valence-electron chi connectivity index (χ2n) is 6.86. The van der Waals surface area contributed by atoms with Crippen LogP contribution < -0.4 is 5.73 Å². The first kappa shape index (κ1) is 16.7. The van der Waals surface area contributed by atoms with Crippen LogP contribution in [0.1, 0.15) is 40.7 Å². The van der Waals surface area contributed by atoms with E-state index in [1.807, 2.05) is 24.8 Å². The number of anilines is 1. The number of hydrogen-bond acceptors (Lipinski definition) is 3. The number of piperazine rings is 1. The molecule has 1 aromatic rings. The number of amides is 2. The van der Waals surface area contributed by atoms with Gasteiger partial charge in [0.05, 0.1) is 13.1 Å². The molecular weight excluding hydrogens is 309 g/mol. The van der Waals surface area contributed by atoms with Gasteiger partial charge in [0.25, 0.3) is 5.91 Å². The normalized spacial score (nSPS) is 22.8. The quantitative estimate of drug-likeness (QED) is 0.861. The fourth-order valence-corrected chi connectivity index (χ4v) is 3.96. The molecule has 0 radical (unpaired) electrons. The maximum atomic E-state index is 12.9. The molecule has 3 rings (SSSR count). The zero-order valence-electron chi connectivity index (χ0n) is 14.2. The summed E-state index contributed by atoms with van der Waals surface area (Å²) in [5, 5.41) is 0. The summed E-state index contributed by atoms with van der Waals surface area (Å²) in [5.41, 5.74) is 9.08. The first-order valence-corrected chi connectivity index (χ1v) is 8.45. The Hall–Kier alpha value is -2.11. The molecule has 0 aromatic heterocycles. The number of aryl methyl sites for hydroxylation is 2. The van der Waals surface area contributed by atoms with E-state index >= 15 is 0 Å². The van der Waals surface area contributed by atoms with Gasteiger partial charge in [0.2, 0.25) is 5.91 Å². The van der Waals surface area contributed by atoms with Gasteiger partial charge >= 0.3 is 0 Å². The number of rotatable bonds is 3. The van der Waals surface area contributed by atoms with Crippen molar-refractivity contribution in [2.75, 3.05) is 25.5 Å². The maximum Gasteiger partial charge on any atom is 0.254 e. The average molecular weight is 333 g/mol. The van der Waals surface area contributed by atoms with Gasteiger partial charge in [0.15, 0.2) is 0 Å². The van der Waals surface area contributed by atoms with Crippen molar-refractivity contribution in [3.8, 4) is 0 Å². The molecule has 1 aromatic carbocycles. The van der Waals surface area contributed by atoms with E-state index in [1.165, 1.54) is 0 Å². The molecule has 0 spiro atoms. The third-order valence-corrected chi connectivity index (χ3v) is 5.21. The van der Waals surface area contributed by atoms with Crippen molar-refractivity contribution in [3.63, 3.8) is 0 Å². The molecule has 2 saturated heterocycles. The van der Waals surface area contributed by atoms with E-state index in [1.54, 1.807) is 11.0 Å². The molecule has 0 saturated carbocycles. The highest BCUT2D eigenvalue weighted by Gasteiger charge is 2.43. The summed E-state index contributed by atoms with van der Waals surface area (Å²) in [6.45, 7) is 4.24. The van der Waals surface area contributed by atoms with E-state index in [9.17, 15) is 14.0 Å². The van der Waals surface area contributed by atoms with Gasteiger partial charge in [0, 0.05) is 36.4 Å². The number of benzene rings is 1. The third kappa shape index (κ3) is 2.85. The van der Waals surface area contributed by atoms with Gasteiger partial charge in [-0.2, -0.15) is 0 Å². The van der Waals surface area contributed by atoms with Crippen LogP contribution in [0, 0.1) is 13.8 Å². The van der Waals surface area contributed by atoms with Crippen LogP contribution in [0.3, 0.4) is 0 Å². The number of nitrogens with zero attached hydrogens (tertiary/aromatic N) is 2. The maximum absolute atomic E-state index is 12.9. The minimum Gasteiger partial charge on any atom is -0.398 e. The lowest BCUT2D eigenvalue weighted by atomic mass is 10.0. The number of likely N-dealkylation sites (tertiary alicyclic amines) is 1. The SMILES string of the molecule is Cc1cc(C)c(C(=O)N2CC3CCC(C2)N3C(=O)CCF)cc1N. The van der Waals surface area contributed by atoms with Crippen LogP contribution >= 0.6 is 0 Å². The highest BCUT2D eigenvalue weighted by atomic mass is 19.1. The van der Waals surface area contributed by atoms with Gasteiger partial charge < -0.3 is 15.5 Å². The van der Waals surface area contributed by atoms with E-state index in [0.29, 0.717) is 24.3 Å². The topological polar surface area (TPSA) is 66.6 Å². The lowest BCUT2D eigenvalue weighted by molar-refractivity contribution is -0.136. The lowest BCUT2D eigenvalue weighted by Gasteiger charge is -2.41. The standard InChI is InChI=1S/C18H24FN3O2/c1-11-7-12(2)16(20)8-15(11)18(24)21-9-13-3-4-14(10-21)22(13)17(23)5-6-19/h7-8,13-14H,3-6,9-10,20H2,1-2H3. The Morgan fingerprint density at radius 2 is 1.79 bits per heavy atom. The summed E-state index contributed by atoms with van der Waals surface area (Å²) in [5.74, 6) is -0.165. The predicted octanol–water partition coefficient (Wildman–Crippen LogP) is 2.06. The van der Waals surface area contributed by atoms with Gasteiger partial charge in [-0.1, -0.05) is 6.07 Å². The molecule has 24 heavy (non-hydrogen) atoms. The van der Waals surface area contributed by atoms with Crippen LogP contribution in [0.15, 0.2) is 12.1 Å². The molecule has 2 heterocycles. The van der Waals surface area contributed by atoms with Crippen molar-refractivity contribution in [1.29, 1.82) is 0 Å². The van der Waals surface area contributed by atoms with Crippen molar-refractivity contribution in [2.24, 2.45) is 0 Å². The molecule has 2 aliphatic heterocycles. The molecule has 2 fully saturated rings. The fourth-order valence-electron chi connectivity index (χ4n) is 3.96. The Morgan fingerprint density at radius 1 is 1.17 bits per heavy atom. The number of halogens is 1. The molecule has 6 heteroatoms. The van der Waals surface area contributed by atoms with Gasteiger partial charge in [-0.15, -0.1) is 0 Å². The zero-order valence-corrected chi connectivity index (χ0v) is 14.2. The molecule has 130 valence electrons. The second kappa shape index (κ2) is 6.42. The number of nitrogens with two attached hydrogens (primary N) is 1. The van der Waals surface area contributed by atoms with Crippen LogP contribution in [0.5, 0.6) is 0 Å². The summed E-state index contributed by atoms with van der Waals surface area (Å²) >= 11 is 0. The number of hydrogen-bond donors (Lipinski definition) is 1. The number of fused-ring (bicyclic) bond motifs is 2. The van der Waals surface area contributed by atoms with E-state index in [-0.39, 0.29) is 30.3 Å². The summed E-state index contributed by atoms with van der Waals surface area (Å²) in [6, 6.07) is 3.69. The molecule has 2 atom stereocenters. The third-order valence-electron chi connectivity index (χ3n) is 5.21. The van der Waals surface area contributed by atoms with Crippen LogP contribution in [0.2, 0.25) is 0 Å². The monoisotopic (exact) mass is 333 g/mol. The largest absolute Gasteiger partial charge is 0.398 e. The fraction of sp³-hybridized carbons (Fsp3) is 0.556. The first-order chi connectivity index (χ1) is 11.4. The summed E-state index contributed by atoms with van der Waals surface area (Å²) in [6.07, 6.45) is 1.69. The minimum atomic E-state index is -0.626. The van der Waals surface area contributed by atoms with Crippen LogP contribution in [0.25, 0.3) is 0 Å². The highest BCUT2D eigenvalue weighted by molar-refractivity contribution is 5.97. The van der Waals surface area contributed by atoms with Gasteiger partial charge in [0.1, 0.15) is 0 Å².